The standard InChI is InChI=1S/C25H35N3O3S/c1-16-11-17(2)23(22(12-16)31-4)20-7-6-8-21-24(26-13-19(29)15-30-3)25(32-5)27(28(20)21)14-18-9-10-18/h6-8,11-12,18-19,25-26,29H,9-10,13-15H2,1-5H3/t19-,25?/m0/s1. The fourth-order valence-corrected chi connectivity index (χ4v) is 5.47. The van der Waals surface area contributed by atoms with Gasteiger partial charge in [0, 0.05) is 25.8 Å². The number of aliphatic hydroxyl groups is 1. The third-order valence-corrected chi connectivity index (χ3v) is 7.11. The molecule has 0 aromatic heterocycles. The topological polar surface area (TPSA) is 57.2 Å². The van der Waals surface area contributed by atoms with Gasteiger partial charge in [0.05, 0.1) is 36.9 Å². The quantitative estimate of drug-likeness (QED) is 0.556. The maximum Gasteiger partial charge on any atom is 0.128 e. The summed E-state index contributed by atoms with van der Waals surface area (Å²) in [6.45, 7) is 6.04. The van der Waals surface area contributed by atoms with Gasteiger partial charge in [0.15, 0.2) is 0 Å². The zero-order valence-electron chi connectivity index (χ0n) is 19.7. The molecule has 0 radical (unpaired) electrons. The van der Waals surface area contributed by atoms with Crippen molar-refractivity contribution in [3.63, 3.8) is 0 Å². The molecule has 0 bridgehead atoms. The van der Waals surface area contributed by atoms with Crippen LogP contribution in [0.4, 0.5) is 0 Å². The van der Waals surface area contributed by atoms with Crippen LogP contribution in [0.15, 0.2) is 41.8 Å². The number of hydrazine groups is 1. The Morgan fingerprint density at radius 3 is 2.69 bits per heavy atom. The van der Waals surface area contributed by atoms with Gasteiger partial charge in [-0.25, -0.2) is 0 Å². The van der Waals surface area contributed by atoms with E-state index in [1.54, 1.807) is 14.2 Å². The summed E-state index contributed by atoms with van der Waals surface area (Å²) in [5.41, 5.74) is 6.92. The molecule has 1 unspecified atom stereocenters. The second kappa shape index (κ2) is 9.91. The molecule has 174 valence electrons. The summed E-state index contributed by atoms with van der Waals surface area (Å²) in [7, 11) is 3.36. The van der Waals surface area contributed by atoms with Gasteiger partial charge in [-0.05, 0) is 68.2 Å². The molecule has 1 aromatic rings. The second-order valence-electron chi connectivity index (χ2n) is 8.82. The molecule has 32 heavy (non-hydrogen) atoms. The van der Waals surface area contributed by atoms with Gasteiger partial charge in [0.1, 0.15) is 11.1 Å². The number of ether oxygens (including phenoxy) is 2. The van der Waals surface area contributed by atoms with Crippen LogP contribution in [0.3, 0.4) is 0 Å². The lowest BCUT2D eigenvalue weighted by molar-refractivity contribution is 0.0648. The highest BCUT2D eigenvalue weighted by Crippen LogP contribution is 2.46. The predicted molar refractivity (Wildman–Crippen MR) is 131 cm³/mol. The van der Waals surface area contributed by atoms with Crippen molar-refractivity contribution in [2.24, 2.45) is 5.92 Å². The van der Waals surface area contributed by atoms with Crippen LogP contribution in [-0.4, -0.2) is 66.8 Å². The van der Waals surface area contributed by atoms with E-state index in [4.69, 9.17) is 9.47 Å². The number of aliphatic hydroxyl groups excluding tert-OH is 1. The summed E-state index contributed by atoms with van der Waals surface area (Å²) in [5.74, 6) is 1.63. The Kier molecular flexibility index (Phi) is 7.20. The molecule has 0 saturated heterocycles. The van der Waals surface area contributed by atoms with Crippen molar-refractivity contribution in [3.05, 3.63) is 58.4 Å². The van der Waals surface area contributed by atoms with Crippen LogP contribution < -0.4 is 10.1 Å². The van der Waals surface area contributed by atoms with E-state index in [2.05, 4.69) is 65.8 Å². The number of fused-ring (bicyclic) bond motifs is 1. The van der Waals surface area contributed by atoms with Crippen molar-refractivity contribution in [2.75, 3.05) is 40.2 Å². The van der Waals surface area contributed by atoms with E-state index < -0.39 is 6.10 Å². The smallest absolute Gasteiger partial charge is 0.128 e. The highest BCUT2D eigenvalue weighted by Gasteiger charge is 2.43. The number of nitrogens with one attached hydrogen (secondary N) is 1. The molecule has 1 fully saturated rings. The molecule has 6 nitrogen and oxygen atoms in total. The molecule has 7 heteroatoms. The minimum atomic E-state index is -0.552. The van der Waals surface area contributed by atoms with Gasteiger partial charge < -0.3 is 19.9 Å². The number of hydrogen-bond donors (Lipinski definition) is 2. The zero-order valence-corrected chi connectivity index (χ0v) is 20.5. The van der Waals surface area contributed by atoms with Gasteiger partial charge in [0.25, 0.3) is 0 Å². The van der Waals surface area contributed by atoms with Gasteiger partial charge in [-0.1, -0.05) is 12.1 Å². The van der Waals surface area contributed by atoms with E-state index in [9.17, 15) is 5.11 Å². The Balaban J connectivity index is 1.75. The number of aryl methyl sites for hydroxylation is 2. The van der Waals surface area contributed by atoms with E-state index >= 15 is 0 Å². The summed E-state index contributed by atoms with van der Waals surface area (Å²) < 4.78 is 10.9. The molecule has 3 aliphatic rings. The minimum absolute atomic E-state index is 0.156. The number of nitrogens with zero attached hydrogens (tertiary/aromatic N) is 2. The molecule has 2 N–H and O–H groups in total. The molecule has 2 aliphatic heterocycles. The SMILES string of the molecule is COC[C@@H](O)CNC1=C2C=CC=C(c3c(C)cc(C)cc3OC)N2N(CC2CC2)C1SC. The third kappa shape index (κ3) is 4.57. The Labute approximate surface area is 195 Å². The molecule has 2 heterocycles. The number of rotatable bonds is 10. The number of thioether (sulfide) groups is 1. The summed E-state index contributed by atoms with van der Waals surface area (Å²) in [6, 6.07) is 4.33. The fraction of sp³-hybridized carbons (Fsp3) is 0.520. The maximum absolute atomic E-state index is 10.3. The number of methoxy groups -OCH3 is 2. The average Bonchev–Trinajstić information content (AvgIpc) is 3.53. The molecule has 1 saturated carbocycles. The molecule has 0 spiro atoms. The van der Waals surface area contributed by atoms with E-state index in [1.165, 1.54) is 24.0 Å². The largest absolute Gasteiger partial charge is 0.496 e. The highest BCUT2D eigenvalue weighted by molar-refractivity contribution is 7.99. The maximum atomic E-state index is 10.3. The molecular formula is C25H35N3O3S. The first-order valence-corrected chi connectivity index (χ1v) is 12.6. The first kappa shape index (κ1) is 23.2. The van der Waals surface area contributed by atoms with Crippen molar-refractivity contribution in [3.8, 4) is 5.75 Å². The lowest BCUT2D eigenvalue weighted by Crippen LogP contribution is -2.43. The predicted octanol–water partition coefficient (Wildman–Crippen LogP) is 3.66. The Bertz CT molecular complexity index is 939. The molecule has 4 rings (SSSR count). The van der Waals surface area contributed by atoms with Crippen molar-refractivity contribution in [2.45, 2.75) is 38.2 Å². The second-order valence-corrected chi connectivity index (χ2v) is 9.74. The molecule has 2 atom stereocenters. The van der Waals surface area contributed by atoms with Gasteiger partial charge in [-0.15, -0.1) is 11.8 Å². The average molecular weight is 458 g/mol. The van der Waals surface area contributed by atoms with Crippen molar-refractivity contribution in [1.29, 1.82) is 0 Å². The summed E-state index contributed by atoms with van der Waals surface area (Å²) >= 11 is 1.82. The van der Waals surface area contributed by atoms with Crippen LogP contribution in [0.2, 0.25) is 0 Å². The molecule has 1 aromatic carbocycles. The minimum Gasteiger partial charge on any atom is -0.496 e. The van der Waals surface area contributed by atoms with E-state index in [-0.39, 0.29) is 5.37 Å². The van der Waals surface area contributed by atoms with Gasteiger partial charge in [0.2, 0.25) is 0 Å². The van der Waals surface area contributed by atoms with Gasteiger partial charge in [-0.2, -0.15) is 5.01 Å². The monoisotopic (exact) mass is 457 g/mol. The van der Waals surface area contributed by atoms with Crippen LogP contribution in [0, 0.1) is 19.8 Å². The Morgan fingerprint density at radius 2 is 2.03 bits per heavy atom. The van der Waals surface area contributed by atoms with E-state index in [1.807, 2.05) is 11.8 Å². The van der Waals surface area contributed by atoms with Crippen molar-refractivity contribution < 1.29 is 14.6 Å². The Morgan fingerprint density at radius 1 is 1.25 bits per heavy atom. The fourth-order valence-electron chi connectivity index (χ4n) is 4.61. The van der Waals surface area contributed by atoms with Crippen molar-refractivity contribution >= 4 is 17.5 Å². The zero-order chi connectivity index (χ0) is 22.8. The summed E-state index contributed by atoms with van der Waals surface area (Å²) in [5, 5.41) is 18.8. The number of hydrogen-bond acceptors (Lipinski definition) is 7. The Hall–Kier alpha value is -1.93. The van der Waals surface area contributed by atoms with Gasteiger partial charge in [-0.3, -0.25) is 5.01 Å². The van der Waals surface area contributed by atoms with Crippen LogP contribution in [0.25, 0.3) is 5.70 Å². The normalized spacial score (nSPS) is 21.6. The van der Waals surface area contributed by atoms with Gasteiger partial charge >= 0.3 is 0 Å². The lowest BCUT2D eigenvalue weighted by Gasteiger charge is -2.38. The number of benzene rings is 1. The first-order chi connectivity index (χ1) is 15.5. The third-order valence-electron chi connectivity index (χ3n) is 6.19. The van der Waals surface area contributed by atoms with Crippen LogP contribution in [0.1, 0.15) is 29.5 Å². The van der Waals surface area contributed by atoms with E-state index in [0.29, 0.717) is 13.2 Å². The molecule has 0 amide bonds. The van der Waals surface area contributed by atoms with Crippen LogP contribution in [-0.2, 0) is 4.74 Å². The van der Waals surface area contributed by atoms with Crippen LogP contribution in [0.5, 0.6) is 5.75 Å². The summed E-state index contributed by atoms with van der Waals surface area (Å²) in [4.78, 5) is 0. The lowest BCUT2D eigenvalue weighted by atomic mass is 9.99. The molecule has 1 aliphatic carbocycles. The highest BCUT2D eigenvalue weighted by atomic mass is 32.2. The number of allylic oxidation sites excluding steroid dienone is 3. The summed E-state index contributed by atoms with van der Waals surface area (Å²) in [6.07, 6.45) is 10.6. The molecular weight excluding hydrogens is 422 g/mol. The van der Waals surface area contributed by atoms with Crippen LogP contribution >= 0.6 is 11.8 Å². The van der Waals surface area contributed by atoms with Crippen molar-refractivity contribution in [1.82, 2.24) is 15.3 Å². The first-order valence-electron chi connectivity index (χ1n) is 11.3. The van der Waals surface area contributed by atoms with E-state index in [0.717, 1.165) is 40.9 Å².